The van der Waals surface area contributed by atoms with Gasteiger partial charge in [0.2, 0.25) is 5.91 Å². The highest BCUT2D eigenvalue weighted by atomic mass is 35.5. The summed E-state index contributed by atoms with van der Waals surface area (Å²) < 4.78 is 4.97. The normalized spacial score (nSPS) is 23.8. The Balaban J connectivity index is 1.62. The van der Waals surface area contributed by atoms with E-state index in [0.29, 0.717) is 27.4 Å². The van der Waals surface area contributed by atoms with Gasteiger partial charge in [-0.05, 0) is 48.8 Å². The largest absolute Gasteiger partial charge is 0.465 e. The van der Waals surface area contributed by atoms with Gasteiger partial charge in [0.05, 0.1) is 7.11 Å². The number of anilines is 1. The van der Waals surface area contributed by atoms with E-state index in [4.69, 9.17) is 16.3 Å². The van der Waals surface area contributed by atoms with Gasteiger partial charge in [-0.1, -0.05) is 30.2 Å². The Morgan fingerprint density at radius 2 is 1.96 bits per heavy atom. The third-order valence-corrected chi connectivity index (χ3v) is 6.79. The zero-order chi connectivity index (χ0) is 18.3. The van der Waals surface area contributed by atoms with Crippen molar-refractivity contribution >= 4 is 39.8 Å². The van der Waals surface area contributed by atoms with Crippen molar-refractivity contribution in [3.05, 3.63) is 40.2 Å². The highest BCUT2D eigenvalue weighted by Crippen LogP contribution is 2.49. The summed E-state index contributed by atoms with van der Waals surface area (Å²) in [6.07, 6.45) is 4.54. The summed E-state index contributed by atoms with van der Waals surface area (Å²) in [5.41, 5.74) is 2.03. The number of carbonyl (C=O) groups excluding carboxylic acids is 2. The molecule has 2 aliphatic rings. The van der Waals surface area contributed by atoms with Gasteiger partial charge in [-0.15, -0.1) is 11.3 Å². The summed E-state index contributed by atoms with van der Waals surface area (Å²) in [5, 5.41) is 6.08. The molecule has 4 rings (SSSR count). The van der Waals surface area contributed by atoms with Gasteiger partial charge in [0.25, 0.3) is 0 Å². The van der Waals surface area contributed by atoms with Gasteiger partial charge in [-0.25, -0.2) is 4.79 Å². The first kappa shape index (κ1) is 17.6. The molecule has 1 heterocycles. The van der Waals surface area contributed by atoms with E-state index in [1.54, 1.807) is 12.1 Å². The number of hydrogen-bond acceptors (Lipinski definition) is 4. The number of halogens is 1. The van der Waals surface area contributed by atoms with E-state index in [0.717, 1.165) is 24.0 Å². The minimum atomic E-state index is -0.445. The molecule has 26 heavy (non-hydrogen) atoms. The van der Waals surface area contributed by atoms with Crippen LogP contribution in [0.3, 0.4) is 0 Å². The predicted octanol–water partition coefficient (Wildman–Crippen LogP) is 5.23. The Hall–Kier alpha value is -1.85. The molecule has 2 saturated carbocycles. The maximum atomic E-state index is 12.8. The van der Waals surface area contributed by atoms with Crippen LogP contribution < -0.4 is 5.32 Å². The fourth-order valence-corrected chi connectivity index (χ4v) is 5.45. The number of carbonyl (C=O) groups is 2. The number of hydrogen-bond donors (Lipinski definition) is 1. The van der Waals surface area contributed by atoms with Crippen molar-refractivity contribution in [3.63, 3.8) is 0 Å². The molecular weight excluding hydrogens is 370 g/mol. The Labute approximate surface area is 161 Å². The summed E-state index contributed by atoms with van der Waals surface area (Å²) in [5.74, 6) is 0.854. The van der Waals surface area contributed by atoms with Crippen molar-refractivity contribution < 1.29 is 14.3 Å². The molecule has 1 aromatic heterocycles. The van der Waals surface area contributed by atoms with Crippen LogP contribution in [0.5, 0.6) is 0 Å². The maximum Gasteiger partial charge on any atom is 0.341 e. The molecule has 136 valence electrons. The summed E-state index contributed by atoms with van der Waals surface area (Å²) in [6, 6.07) is 7.28. The topological polar surface area (TPSA) is 55.4 Å². The summed E-state index contributed by atoms with van der Waals surface area (Å²) in [4.78, 5) is 25.2. The molecule has 0 radical (unpaired) electrons. The Morgan fingerprint density at radius 1 is 1.19 bits per heavy atom. The second-order valence-electron chi connectivity index (χ2n) is 7.12. The lowest BCUT2D eigenvalue weighted by atomic mass is 9.88. The van der Waals surface area contributed by atoms with Crippen molar-refractivity contribution in [2.45, 2.75) is 25.7 Å². The van der Waals surface area contributed by atoms with Gasteiger partial charge in [0, 0.05) is 21.9 Å². The lowest BCUT2D eigenvalue weighted by Crippen LogP contribution is -2.27. The summed E-state index contributed by atoms with van der Waals surface area (Å²) >= 11 is 7.32. The van der Waals surface area contributed by atoms with Gasteiger partial charge in [0.15, 0.2) is 0 Å². The SMILES string of the molecule is COC(=O)c1c(-c2ccc(Cl)cc2)csc1NC(=O)C1CC2CCC1C2. The number of thiophene rings is 1. The minimum Gasteiger partial charge on any atom is -0.465 e. The van der Waals surface area contributed by atoms with E-state index < -0.39 is 5.97 Å². The van der Waals surface area contributed by atoms with Gasteiger partial charge in [-0.3, -0.25) is 4.79 Å². The van der Waals surface area contributed by atoms with Gasteiger partial charge >= 0.3 is 5.97 Å². The smallest absolute Gasteiger partial charge is 0.341 e. The molecule has 2 bridgehead atoms. The minimum absolute atomic E-state index is 0.0341. The number of rotatable bonds is 4. The van der Waals surface area contributed by atoms with Crippen LogP contribution in [-0.2, 0) is 9.53 Å². The molecule has 0 spiro atoms. The van der Waals surface area contributed by atoms with Crippen molar-refractivity contribution in [2.24, 2.45) is 17.8 Å². The van der Waals surface area contributed by atoms with Gasteiger partial charge in [-0.2, -0.15) is 0 Å². The van der Waals surface area contributed by atoms with Crippen LogP contribution >= 0.6 is 22.9 Å². The highest BCUT2D eigenvalue weighted by Gasteiger charge is 2.43. The van der Waals surface area contributed by atoms with Crippen LogP contribution in [0, 0.1) is 17.8 Å². The van der Waals surface area contributed by atoms with E-state index in [2.05, 4.69) is 5.32 Å². The first-order valence-corrected chi connectivity index (χ1v) is 10.1. The number of amides is 1. The quantitative estimate of drug-likeness (QED) is 0.728. The number of methoxy groups -OCH3 is 1. The van der Waals surface area contributed by atoms with Crippen LogP contribution in [0.1, 0.15) is 36.0 Å². The second kappa shape index (κ2) is 7.05. The number of nitrogens with one attached hydrogen (secondary N) is 1. The molecule has 2 fully saturated rings. The van der Waals surface area contributed by atoms with E-state index in [9.17, 15) is 9.59 Å². The zero-order valence-electron chi connectivity index (χ0n) is 14.5. The molecule has 2 aromatic rings. The average Bonchev–Trinajstić information content (AvgIpc) is 3.37. The van der Waals surface area contributed by atoms with Crippen molar-refractivity contribution in [1.82, 2.24) is 0 Å². The standard InChI is InChI=1S/C20H20ClNO3S/c1-25-20(24)17-16(12-4-6-14(21)7-5-12)10-26-19(17)22-18(23)15-9-11-2-3-13(15)8-11/h4-7,10-11,13,15H,2-3,8-9H2,1H3,(H,22,23). The van der Waals surface area contributed by atoms with Gasteiger partial charge < -0.3 is 10.1 Å². The number of benzene rings is 1. The Morgan fingerprint density at radius 3 is 2.58 bits per heavy atom. The lowest BCUT2D eigenvalue weighted by molar-refractivity contribution is -0.121. The fraction of sp³-hybridized carbons (Fsp3) is 0.400. The number of fused-ring (bicyclic) bond motifs is 2. The van der Waals surface area contributed by atoms with Crippen LogP contribution in [0.25, 0.3) is 11.1 Å². The van der Waals surface area contributed by atoms with E-state index >= 15 is 0 Å². The van der Waals surface area contributed by atoms with Crippen molar-refractivity contribution in [2.75, 3.05) is 12.4 Å². The molecule has 0 saturated heterocycles. The number of esters is 1. The third kappa shape index (κ3) is 3.14. The van der Waals surface area contributed by atoms with Crippen LogP contribution in [0.4, 0.5) is 5.00 Å². The first-order valence-electron chi connectivity index (χ1n) is 8.83. The molecule has 3 unspecified atom stereocenters. The first-order chi connectivity index (χ1) is 12.6. The van der Waals surface area contributed by atoms with Crippen LogP contribution in [0.2, 0.25) is 5.02 Å². The molecule has 4 nitrogen and oxygen atoms in total. The molecule has 0 aliphatic heterocycles. The predicted molar refractivity (Wildman–Crippen MR) is 104 cm³/mol. The summed E-state index contributed by atoms with van der Waals surface area (Å²) in [7, 11) is 1.35. The van der Waals surface area contributed by atoms with Crippen molar-refractivity contribution in [3.8, 4) is 11.1 Å². The molecule has 1 amide bonds. The molecule has 6 heteroatoms. The maximum absolute atomic E-state index is 12.8. The van der Waals surface area contributed by atoms with E-state index in [1.165, 1.54) is 31.3 Å². The van der Waals surface area contributed by atoms with Gasteiger partial charge in [0.1, 0.15) is 10.6 Å². The highest BCUT2D eigenvalue weighted by molar-refractivity contribution is 7.15. The number of ether oxygens (including phenoxy) is 1. The zero-order valence-corrected chi connectivity index (χ0v) is 16.0. The average molecular weight is 390 g/mol. The van der Waals surface area contributed by atoms with Crippen LogP contribution in [-0.4, -0.2) is 19.0 Å². The molecular formula is C20H20ClNO3S. The second-order valence-corrected chi connectivity index (χ2v) is 8.44. The Kier molecular flexibility index (Phi) is 4.76. The van der Waals surface area contributed by atoms with E-state index in [1.807, 2.05) is 17.5 Å². The van der Waals surface area contributed by atoms with Crippen LogP contribution in [0.15, 0.2) is 29.6 Å². The summed E-state index contributed by atoms with van der Waals surface area (Å²) in [6.45, 7) is 0. The fourth-order valence-electron chi connectivity index (χ4n) is 4.37. The van der Waals surface area contributed by atoms with E-state index in [-0.39, 0.29) is 11.8 Å². The third-order valence-electron chi connectivity index (χ3n) is 5.65. The molecule has 1 N–H and O–H groups in total. The monoisotopic (exact) mass is 389 g/mol. The molecule has 3 atom stereocenters. The molecule has 1 aromatic carbocycles. The Bertz CT molecular complexity index is 845. The lowest BCUT2D eigenvalue weighted by Gasteiger charge is -2.20. The van der Waals surface area contributed by atoms with Crippen molar-refractivity contribution in [1.29, 1.82) is 0 Å². The molecule has 2 aliphatic carbocycles.